The van der Waals surface area contributed by atoms with E-state index in [0.717, 1.165) is 115 Å². The Morgan fingerprint density at radius 1 is 0.338 bits per heavy atom. The lowest BCUT2D eigenvalue weighted by molar-refractivity contribution is -0.385. The molecule has 19 aromatic rings. The number of hydrogen-bond donors (Lipinski definition) is 1. The minimum Gasteiger partial charge on any atom is -0.391 e. The van der Waals surface area contributed by atoms with Crippen LogP contribution in [0, 0.1) is 102 Å². The highest BCUT2D eigenvalue weighted by Crippen LogP contribution is 2.38. The minimum absolute atomic E-state index is 0.0164. The fourth-order valence-electron chi connectivity index (χ4n) is 14.6. The molecular formula is C106H85Cl2FN12O10S5. The zero-order valence-corrected chi connectivity index (χ0v) is 80.8. The van der Waals surface area contributed by atoms with Crippen LogP contribution in [0.1, 0.15) is 147 Å². The predicted octanol–water partition coefficient (Wildman–Crippen LogP) is 27.3. The molecule has 680 valence electrons. The summed E-state index contributed by atoms with van der Waals surface area (Å²) in [5, 5.41) is 42.5. The molecule has 19 rings (SSSR count). The third-order valence-electron chi connectivity index (χ3n) is 23.0. The number of thiazole rings is 5. The van der Waals surface area contributed by atoms with Gasteiger partial charge in [0.25, 0.3) is 11.4 Å². The first-order valence-corrected chi connectivity index (χ1v) is 47.6. The molecule has 0 bridgehead atoms. The number of aliphatic hydroxyl groups is 1. The third kappa shape index (κ3) is 21.7. The summed E-state index contributed by atoms with van der Waals surface area (Å²) in [4.78, 5) is 112. The maximum Gasteiger partial charge on any atom is 0.288 e. The summed E-state index contributed by atoms with van der Waals surface area (Å²) in [6.45, 7) is 21.6. The number of allylic oxidation sites excluding steroid dienone is 5. The van der Waals surface area contributed by atoms with Crippen LogP contribution >= 0.6 is 79.9 Å². The highest BCUT2D eigenvalue weighted by molar-refractivity contribution is 7.16. The molecule has 0 saturated heterocycles. The smallest absolute Gasteiger partial charge is 0.288 e. The van der Waals surface area contributed by atoms with E-state index in [-0.39, 0.29) is 56.7 Å². The highest BCUT2D eigenvalue weighted by Gasteiger charge is 2.24. The Bertz CT molecular complexity index is 7860. The average molecular weight is 1940 g/mol. The molecule has 10 aromatic heterocycles. The summed E-state index contributed by atoms with van der Waals surface area (Å²) in [5.41, 5.74) is 24.7. The van der Waals surface area contributed by atoms with E-state index in [1.165, 1.54) is 93.7 Å². The molecule has 9 aromatic carbocycles. The van der Waals surface area contributed by atoms with Gasteiger partial charge in [0.05, 0.1) is 79.0 Å². The molecule has 0 unspecified atom stereocenters. The topological polar surface area (TPSA) is 278 Å². The third-order valence-corrected chi connectivity index (χ3v) is 27.3. The van der Waals surface area contributed by atoms with E-state index in [1.54, 1.807) is 95.5 Å². The van der Waals surface area contributed by atoms with Crippen LogP contribution in [0.5, 0.6) is 0 Å². The van der Waals surface area contributed by atoms with E-state index in [1.807, 2.05) is 271 Å². The van der Waals surface area contributed by atoms with Gasteiger partial charge in [0.2, 0.25) is 0 Å². The van der Waals surface area contributed by atoms with E-state index in [4.69, 9.17) is 28.2 Å². The van der Waals surface area contributed by atoms with E-state index in [9.17, 15) is 53.7 Å². The van der Waals surface area contributed by atoms with Crippen molar-refractivity contribution in [3.8, 4) is 45.0 Å². The van der Waals surface area contributed by atoms with Gasteiger partial charge in [-0.2, -0.15) is 0 Å². The summed E-state index contributed by atoms with van der Waals surface area (Å²) < 4.78 is 22.9. The number of hydrogen-bond acceptors (Lipinski definition) is 20. The van der Waals surface area contributed by atoms with E-state index < -0.39 is 16.5 Å². The Morgan fingerprint density at radius 3 is 0.904 bits per heavy atom. The Labute approximate surface area is 810 Å². The number of ketones is 5. The fourth-order valence-corrected chi connectivity index (χ4v) is 18.5. The molecule has 0 saturated carbocycles. The molecule has 0 fully saturated rings. The number of aliphatic hydroxyl groups excluding tert-OH is 1. The van der Waals surface area contributed by atoms with Gasteiger partial charge in [-0.05, 0) is 271 Å². The van der Waals surface area contributed by atoms with Crippen LogP contribution in [0.25, 0.3) is 100 Å². The van der Waals surface area contributed by atoms with E-state index in [0.29, 0.717) is 66.1 Å². The van der Waals surface area contributed by atoms with Crippen molar-refractivity contribution in [3.05, 3.63) is 423 Å². The van der Waals surface area contributed by atoms with Crippen LogP contribution in [-0.2, 0) is 6.61 Å². The molecule has 0 aliphatic heterocycles. The first-order chi connectivity index (χ1) is 65.3. The molecule has 30 heteroatoms. The summed E-state index contributed by atoms with van der Waals surface area (Å²) in [6, 6.07) is 51.4. The molecule has 0 atom stereocenters. The monoisotopic (exact) mass is 1930 g/mol. The molecule has 1 N–H and O–H groups in total. The summed E-state index contributed by atoms with van der Waals surface area (Å²) in [7, 11) is 0. The zero-order chi connectivity index (χ0) is 96.4. The van der Waals surface area contributed by atoms with Crippen LogP contribution in [0.3, 0.4) is 0 Å². The van der Waals surface area contributed by atoms with Crippen molar-refractivity contribution in [1.29, 1.82) is 0 Å². The van der Waals surface area contributed by atoms with Crippen molar-refractivity contribution < 1.29 is 43.3 Å². The van der Waals surface area contributed by atoms with Gasteiger partial charge in [-0.1, -0.05) is 108 Å². The number of nitro groups is 2. The maximum atomic E-state index is 13.3. The molecule has 0 aliphatic rings. The summed E-state index contributed by atoms with van der Waals surface area (Å²) in [6.07, 6.45) is 26.2. The van der Waals surface area contributed by atoms with Crippen LogP contribution < -0.4 is 0 Å². The average Bonchev–Trinajstić information content (AvgIpc) is 1.62. The Balaban J connectivity index is 0.000000130. The highest BCUT2D eigenvalue weighted by atomic mass is 35.5. The number of benzene rings is 9. The number of nitro benzene ring substituents is 2. The zero-order valence-electron chi connectivity index (χ0n) is 75.2. The fraction of sp³-hybridized carbons (Fsp3) is 0.113. The quantitative estimate of drug-likeness (QED) is 0.0286. The number of carbonyl (C=O) groups is 5. The SMILES string of the molecule is Cc1ccc(C(=O)/C=C/c2c(-c3ccc(CO)c([N+](=O)[O-])c3)nc3sccn23)cc1C.Cc1ccc(C(=O)/C=C/c2c(-c3ccc(Cl)c([N+](=O)[O-])c3)nc3sccn23)cc1C.Cc1ccc(C(=O)/C=C/c2c(-c3ccc(Cl)cc3)nc3sccn23)cc1C.Cc1ccc(C(=O)/C=C/c2c(-c3ccc(F)cc3)nc3sccn23)cc1C.Cc1ccc(C(=O)/C=C/c2c(C)nc3sccn23)cc1C. The number of nitrogens with zero attached hydrogens (tertiary/aromatic N) is 12. The number of carbonyl (C=O) groups excluding carboxylic acids is 5. The van der Waals surface area contributed by atoms with Crippen molar-refractivity contribution >= 4 is 175 Å². The van der Waals surface area contributed by atoms with Gasteiger partial charge in [-0.15, -0.1) is 56.7 Å². The number of aryl methyl sites for hydroxylation is 11. The molecule has 10 heterocycles. The van der Waals surface area contributed by atoms with Crippen molar-refractivity contribution in [2.24, 2.45) is 0 Å². The first kappa shape index (κ1) is 95.8. The van der Waals surface area contributed by atoms with Gasteiger partial charge < -0.3 is 5.11 Å². The van der Waals surface area contributed by atoms with Gasteiger partial charge in [0.15, 0.2) is 53.7 Å². The molecule has 22 nitrogen and oxygen atoms in total. The number of imidazole rings is 5. The Morgan fingerprint density at radius 2 is 0.603 bits per heavy atom. The molecule has 0 radical (unpaired) electrons. The Kier molecular flexibility index (Phi) is 29.7. The van der Waals surface area contributed by atoms with Gasteiger partial charge in [-0.25, -0.2) is 29.3 Å². The van der Waals surface area contributed by atoms with Crippen molar-refractivity contribution in [2.75, 3.05) is 0 Å². The first-order valence-electron chi connectivity index (χ1n) is 42.4. The van der Waals surface area contributed by atoms with Crippen molar-refractivity contribution in [2.45, 2.75) is 82.8 Å². The van der Waals surface area contributed by atoms with Gasteiger partial charge in [-0.3, -0.25) is 66.2 Å². The molecular weight excluding hydrogens is 1850 g/mol. The second-order valence-corrected chi connectivity index (χ2v) is 37.1. The predicted molar refractivity (Wildman–Crippen MR) is 547 cm³/mol. The summed E-state index contributed by atoms with van der Waals surface area (Å²) >= 11 is 19.5. The molecule has 0 amide bonds. The van der Waals surface area contributed by atoms with E-state index >= 15 is 0 Å². The van der Waals surface area contributed by atoms with Crippen LogP contribution in [0.4, 0.5) is 15.8 Å². The summed E-state index contributed by atoms with van der Waals surface area (Å²) in [5.74, 6) is -0.625. The van der Waals surface area contributed by atoms with Gasteiger partial charge in [0.1, 0.15) is 10.8 Å². The lowest BCUT2D eigenvalue weighted by Crippen LogP contribution is -1.97. The minimum atomic E-state index is -0.525. The molecule has 136 heavy (non-hydrogen) atoms. The standard InChI is InChI=1S/C23H19N3O4S.C22H16ClN3O3S.C22H17ClN2OS.C22H17FN2OS.C17H16N2OS/c1-14-3-4-16(11-15(14)2)21(28)8-7-19-22(24-23-25(19)9-10-31-23)17-5-6-18(13-27)20(12-17)26(29)30;1-13-3-4-15(11-14(13)2)20(27)8-7-18-21(24-22-25(18)9-10-30-22)16-5-6-17(23)19(12-16)26(28)29;2*1-14-3-4-17(13-15(14)2)20(26)10-9-19-21(16-5-7-18(23)8-6-16)24-22-25(19)11-12-27-22;1-11-4-5-14(10-12(11)2)16(20)7-6-15-13(3)18-17-19(15)8-9-21-17/h3-12,27H,13H2,1-2H3;3-12H,1-2H3;2*3-13H,1-2H3;4-10H,1-3H3/b2*8-7+;2*10-9+;7-6+. The van der Waals surface area contributed by atoms with Crippen molar-refractivity contribution in [3.63, 3.8) is 0 Å². The van der Waals surface area contributed by atoms with Crippen LogP contribution in [-0.4, -0.2) is 90.8 Å². The largest absolute Gasteiger partial charge is 0.391 e. The lowest BCUT2D eigenvalue weighted by atomic mass is 10.0. The molecule has 0 spiro atoms. The van der Waals surface area contributed by atoms with Crippen LogP contribution in [0.2, 0.25) is 10.0 Å². The van der Waals surface area contributed by atoms with Crippen LogP contribution in [0.15, 0.2) is 264 Å². The van der Waals surface area contributed by atoms with Gasteiger partial charge >= 0.3 is 0 Å². The van der Waals surface area contributed by atoms with E-state index in [2.05, 4.69) is 19.9 Å². The maximum absolute atomic E-state index is 13.3. The lowest BCUT2D eigenvalue weighted by Gasteiger charge is -2.04. The number of fused-ring (bicyclic) bond motifs is 5. The normalized spacial score (nSPS) is 11.5. The Hall–Kier alpha value is -14.9. The number of halogens is 3. The number of aromatic nitrogens is 10. The number of rotatable bonds is 22. The second-order valence-electron chi connectivity index (χ2n) is 31.9. The molecule has 0 aliphatic carbocycles. The van der Waals surface area contributed by atoms with Crippen molar-refractivity contribution in [1.82, 2.24) is 46.9 Å². The van der Waals surface area contributed by atoms with Gasteiger partial charge in [0, 0.05) is 125 Å². The second kappa shape index (κ2) is 42.2.